The molecule has 0 aliphatic heterocycles. The van der Waals surface area contributed by atoms with E-state index in [-0.39, 0.29) is 18.1 Å². The molecule has 1 N–H and O–H groups in total. The summed E-state index contributed by atoms with van der Waals surface area (Å²) in [4.78, 5) is 20.0. The molecule has 11 heteroatoms. The van der Waals surface area contributed by atoms with Crippen molar-refractivity contribution < 1.29 is 23.0 Å². The number of nitrogens with one attached hydrogen (secondary N) is 1. The molecule has 1 aromatic rings. The number of nitro benzene ring substituents is 2. The molecule has 1 fully saturated rings. The third-order valence-corrected chi connectivity index (χ3v) is 4.27. The fraction of sp³-hybridized carbons (Fsp3) is 0.357. The van der Waals surface area contributed by atoms with Crippen molar-refractivity contribution in [3.63, 3.8) is 0 Å². The van der Waals surface area contributed by atoms with E-state index < -0.39 is 38.6 Å². The highest BCUT2D eigenvalue weighted by Gasteiger charge is 2.40. The van der Waals surface area contributed by atoms with Crippen LogP contribution in [0.2, 0.25) is 0 Å². The Kier molecular flexibility index (Phi) is 3.93. The van der Waals surface area contributed by atoms with E-state index in [0.29, 0.717) is 18.1 Å². The maximum Gasteiger partial charge on any atom is 0.416 e. The second-order valence-corrected chi connectivity index (χ2v) is 5.77. The molecule has 0 saturated heterocycles. The first-order valence-corrected chi connectivity index (χ1v) is 7.21. The number of allylic oxidation sites excluding steroid dienone is 2. The molecular formula is C14H11F3N4O4. The average Bonchev–Trinajstić information content (AvgIpc) is 2.86. The molecule has 25 heavy (non-hydrogen) atoms. The summed E-state index contributed by atoms with van der Waals surface area (Å²) in [6, 6.07) is 0.517. The van der Waals surface area contributed by atoms with Gasteiger partial charge in [-0.05, 0) is 18.8 Å². The van der Waals surface area contributed by atoms with Gasteiger partial charge in [-0.2, -0.15) is 18.3 Å². The second kappa shape index (κ2) is 5.83. The highest BCUT2D eigenvalue weighted by molar-refractivity contribution is 5.95. The normalized spacial score (nSPS) is 23.2. The number of anilines is 1. The van der Waals surface area contributed by atoms with Gasteiger partial charge in [0, 0.05) is 23.8 Å². The Labute approximate surface area is 138 Å². The van der Waals surface area contributed by atoms with Gasteiger partial charge in [0.2, 0.25) is 5.69 Å². The zero-order valence-electron chi connectivity index (χ0n) is 12.5. The Morgan fingerprint density at radius 1 is 1.16 bits per heavy atom. The maximum absolute atomic E-state index is 12.8. The molecule has 1 aromatic carbocycles. The Morgan fingerprint density at radius 3 is 2.24 bits per heavy atom. The van der Waals surface area contributed by atoms with Crippen LogP contribution in [0.3, 0.4) is 0 Å². The van der Waals surface area contributed by atoms with Crippen molar-refractivity contribution in [1.82, 2.24) is 0 Å². The van der Waals surface area contributed by atoms with Gasteiger partial charge in [-0.1, -0.05) is 12.2 Å². The van der Waals surface area contributed by atoms with E-state index in [2.05, 4.69) is 10.5 Å². The van der Waals surface area contributed by atoms with E-state index >= 15 is 0 Å². The number of hydrazone groups is 1. The zero-order valence-corrected chi connectivity index (χ0v) is 12.5. The predicted molar refractivity (Wildman–Crippen MR) is 81.2 cm³/mol. The van der Waals surface area contributed by atoms with Crippen molar-refractivity contribution in [3.8, 4) is 0 Å². The van der Waals surface area contributed by atoms with E-state index in [0.717, 1.165) is 6.42 Å². The van der Waals surface area contributed by atoms with Crippen molar-refractivity contribution in [2.24, 2.45) is 16.9 Å². The van der Waals surface area contributed by atoms with E-state index in [1.807, 2.05) is 12.2 Å². The number of halogens is 3. The number of alkyl halides is 3. The van der Waals surface area contributed by atoms with Crippen LogP contribution in [0.15, 0.2) is 29.4 Å². The monoisotopic (exact) mass is 356 g/mol. The molecule has 0 aromatic heterocycles. The predicted octanol–water partition coefficient (Wildman–Crippen LogP) is 3.89. The minimum atomic E-state index is -4.95. The zero-order chi connectivity index (χ0) is 18.4. The molecule has 1 saturated carbocycles. The molecule has 132 valence electrons. The summed E-state index contributed by atoms with van der Waals surface area (Å²) in [7, 11) is 0. The van der Waals surface area contributed by atoms with Crippen LogP contribution in [-0.4, -0.2) is 15.6 Å². The molecule has 8 nitrogen and oxygen atoms in total. The largest absolute Gasteiger partial charge is 0.416 e. The molecule has 2 unspecified atom stereocenters. The summed E-state index contributed by atoms with van der Waals surface area (Å²) in [5.41, 5.74) is -1.34. The summed E-state index contributed by atoms with van der Waals surface area (Å²) < 4.78 is 38.5. The Bertz CT molecular complexity index is 784. The number of fused-ring (bicyclic) bond motifs is 1. The topological polar surface area (TPSA) is 111 Å². The van der Waals surface area contributed by atoms with Crippen molar-refractivity contribution in [3.05, 3.63) is 50.1 Å². The highest BCUT2D eigenvalue weighted by atomic mass is 19.4. The average molecular weight is 356 g/mol. The maximum atomic E-state index is 12.8. The smallest absolute Gasteiger partial charge is 0.266 e. The molecule has 0 bridgehead atoms. The number of benzene rings is 1. The molecule has 0 heterocycles. The van der Waals surface area contributed by atoms with E-state index in [9.17, 15) is 33.4 Å². The van der Waals surface area contributed by atoms with Crippen LogP contribution < -0.4 is 5.43 Å². The van der Waals surface area contributed by atoms with Crippen LogP contribution in [0.25, 0.3) is 0 Å². The van der Waals surface area contributed by atoms with Crippen LogP contribution >= 0.6 is 0 Å². The van der Waals surface area contributed by atoms with Crippen LogP contribution in [0, 0.1) is 32.1 Å². The summed E-state index contributed by atoms with van der Waals surface area (Å²) in [5, 5.41) is 26.2. The SMILES string of the molecule is O=[N+]([O-])c1cc(C(F)(F)F)cc([N+](=O)[O-])c1NN=C1CC2CC=CC12. The lowest BCUT2D eigenvalue weighted by molar-refractivity contribution is -0.392. The van der Waals surface area contributed by atoms with Gasteiger partial charge in [0.05, 0.1) is 15.4 Å². The van der Waals surface area contributed by atoms with Crippen molar-refractivity contribution in [2.45, 2.75) is 19.0 Å². The first-order chi connectivity index (χ1) is 11.7. The summed E-state index contributed by atoms with van der Waals surface area (Å²) in [6.07, 6.45) is 0.470. The first kappa shape index (κ1) is 16.9. The molecule has 0 amide bonds. The number of nitrogens with zero attached hydrogens (tertiary/aromatic N) is 3. The Morgan fingerprint density at radius 2 is 1.76 bits per heavy atom. The number of nitro groups is 2. The summed E-state index contributed by atoms with van der Waals surface area (Å²) in [6.45, 7) is 0. The lowest BCUT2D eigenvalue weighted by Crippen LogP contribution is -2.33. The van der Waals surface area contributed by atoms with Crippen molar-refractivity contribution in [2.75, 3.05) is 5.43 Å². The van der Waals surface area contributed by atoms with Gasteiger partial charge in [-0.3, -0.25) is 25.7 Å². The molecule has 0 radical (unpaired) electrons. The highest BCUT2D eigenvalue weighted by Crippen LogP contribution is 2.43. The number of rotatable bonds is 4. The summed E-state index contributed by atoms with van der Waals surface area (Å²) >= 11 is 0. The van der Waals surface area contributed by atoms with Crippen LogP contribution in [0.1, 0.15) is 18.4 Å². The van der Waals surface area contributed by atoms with Crippen LogP contribution in [-0.2, 0) is 6.18 Å². The van der Waals surface area contributed by atoms with E-state index in [1.54, 1.807) is 0 Å². The van der Waals surface area contributed by atoms with Gasteiger partial charge in [0.25, 0.3) is 0 Å². The quantitative estimate of drug-likeness (QED) is 0.500. The lowest BCUT2D eigenvalue weighted by Gasteiger charge is -2.31. The minimum Gasteiger partial charge on any atom is -0.266 e. The molecule has 0 spiro atoms. The standard InChI is InChI=1S/C14H11F3N4O4/c15-14(16,17)8-5-11(20(22)23)13(12(6-8)21(24)25)19-18-10-4-7-2-1-3-9(7)10/h1,3,5-7,9,19H,2,4H2. The number of hydrogen-bond acceptors (Lipinski definition) is 6. The van der Waals surface area contributed by atoms with Gasteiger partial charge >= 0.3 is 17.6 Å². The molecule has 3 rings (SSSR count). The molecule has 2 aliphatic rings. The van der Waals surface area contributed by atoms with E-state index in [1.165, 1.54) is 0 Å². The minimum absolute atomic E-state index is 0.0695. The summed E-state index contributed by atoms with van der Waals surface area (Å²) in [5.74, 6) is 0.471. The van der Waals surface area contributed by atoms with Gasteiger partial charge in [-0.15, -0.1) is 0 Å². The number of hydrogen-bond donors (Lipinski definition) is 1. The first-order valence-electron chi connectivity index (χ1n) is 7.21. The fourth-order valence-corrected chi connectivity index (χ4v) is 2.97. The van der Waals surface area contributed by atoms with E-state index in [4.69, 9.17) is 0 Å². The Balaban J connectivity index is 2.01. The van der Waals surface area contributed by atoms with Crippen molar-refractivity contribution in [1.29, 1.82) is 0 Å². The Hall–Kier alpha value is -2.98. The van der Waals surface area contributed by atoms with Crippen LogP contribution in [0.4, 0.5) is 30.2 Å². The van der Waals surface area contributed by atoms with Crippen LogP contribution in [0.5, 0.6) is 0 Å². The van der Waals surface area contributed by atoms with Gasteiger partial charge in [0.1, 0.15) is 0 Å². The van der Waals surface area contributed by atoms with Crippen molar-refractivity contribution >= 4 is 22.8 Å². The molecule has 2 atom stereocenters. The third kappa shape index (κ3) is 3.04. The third-order valence-electron chi connectivity index (χ3n) is 4.27. The second-order valence-electron chi connectivity index (χ2n) is 5.77. The van der Waals surface area contributed by atoms with Gasteiger partial charge < -0.3 is 0 Å². The molecule has 2 aliphatic carbocycles. The lowest BCUT2D eigenvalue weighted by atomic mass is 9.74. The van der Waals surface area contributed by atoms with Gasteiger partial charge in [0.15, 0.2) is 0 Å². The fourth-order valence-electron chi connectivity index (χ4n) is 2.97. The van der Waals surface area contributed by atoms with Gasteiger partial charge in [-0.25, -0.2) is 0 Å². The molecular weight excluding hydrogens is 345 g/mol.